The lowest BCUT2D eigenvalue weighted by Gasteiger charge is -2.15. The first kappa shape index (κ1) is 33.0. The summed E-state index contributed by atoms with van der Waals surface area (Å²) < 4.78 is 34.9. The predicted octanol–water partition coefficient (Wildman–Crippen LogP) is 6.07. The fourth-order valence-corrected chi connectivity index (χ4v) is 6.07. The second kappa shape index (κ2) is 14.7. The molecule has 3 N–H and O–H groups in total. The maximum absolute atomic E-state index is 13.0. The van der Waals surface area contributed by atoms with E-state index < -0.39 is 21.9 Å². The highest BCUT2D eigenvalue weighted by Crippen LogP contribution is 2.30. The minimum absolute atomic E-state index is 0.0316. The maximum atomic E-state index is 13.0. The lowest BCUT2D eigenvalue weighted by molar-refractivity contribution is -0.131. The number of fused-ring (bicyclic) bond motifs is 1. The van der Waals surface area contributed by atoms with Crippen molar-refractivity contribution in [2.24, 2.45) is 5.92 Å². The number of benzene rings is 3. The summed E-state index contributed by atoms with van der Waals surface area (Å²) in [6.45, 7) is 4.37. The number of aromatic nitrogens is 1. The molecule has 10 nitrogen and oxygen atoms in total. The van der Waals surface area contributed by atoms with Gasteiger partial charge in [0.05, 0.1) is 24.1 Å². The minimum Gasteiger partial charge on any atom is -0.496 e. The van der Waals surface area contributed by atoms with Crippen LogP contribution in [0.2, 0.25) is 0 Å². The van der Waals surface area contributed by atoms with Gasteiger partial charge in [0.1, 0.15) is 5.75 Å². The van der Waals surface area contributed by atoms with E-state index >= 15 is 0 Å². The molecule has 45 heavy (non-hydrogen) atoms. The second-order valence-electron chi connectivity index (χ2n) is 10.6. The Morgan fingerprint density at radius 3 is 2.44 bits per heavy atom. The zero-order valence-electron chi connectivity index (χ0n) is 25.4. The highest BCUT2D eigenvalue weighted by Gasteiger charge is 2.21. The van der Waals surface area contributed by atoms with Crippen LogP contribution in [0.5, 0.6) is 5.75 Å². The number of rotatable bonds is 14. The number of anilines is 1. The van der Waals surface area contributed by atoms with E-state index in [4.69, 9.17) is 4.74 Å². The number of unbranched alkanes of at least 4 members (excludes halogenated alkanes) is 1. The molecule has 1 aromatic heterocycles. The van der Waals surface area contributed by atoms with Gasteiger partial charge in [0.25, 0.3) is 15.9 Å². The summed E-state index contributed by atoms with van der Waals surface area (Å²) in [4.78, 5) is 37.1. The van der Waals surface area contributed by atoms with Crippen molar-refractivity contribution in [3.63, 3.8) is 0 Å². The standard InChI is InChI=1S/C34H37N3O7S/c1-4-6-10-23(5-2)33(40)35-27-16-17-29-25(15-18-32(38)39)21-37(30(29)20-27)22-26-14-13-24(19-31(26)44-3)34(41)36-45(42,43)28-11-8-7-9-12-28/h7-9,11-21,23H,4-6,10,22H2,1-3H3,(H,35,40)(H,36,41)(H,38,39)/b18-15+. The molecule has 0 aliphatic heterocycles. The number of hydrogen-bond acceptors (Lipinski definition) is 6. The Hall–Kier alpha value is -4.90. The van der Waals surface area contributed by atoms with Gasteiger partial charge < -0.3 is 19.7 Å². The molecule has 0 radical (unpaired) electrons. The molecule has 4 aromatic rings. The van der Waals surface area contributed by atoms with Crippen LogP contribution in [0.25, 0.3) is 17.0 Å². The molecule has 1 heterocycles. The van der Waals surface area contributed by atoms with Crippen LogP contribution in [0, 0.1) is 5.92 Å². The summed E-state index contributed by atoms with van der Waals surface area (Å²) in [5.41, 5.74) is 2.81. The number of hydrogen-bond donors (Lipinski definition) is 3. The number of carbonyl (C=O) groups is 3. The fourth-order valence-electron chi connectivity index (χ4n) is 5.08. The van der Waals surface area contributed by atoms with E-state index in [0.717, 1.165) is 42.7 Å². The van der Waals surface area contributed by atoms with Crippen LogP contribution in [-0.2, 0) is 26.2 Å². The van der Waals surface area contributed by atoms with Gasteiger partial charge in [-0.2, -0.15) is 0 Å². The number of ether oxygens (including phenoxy) is 1. The maximum Gasteiger partial charge on any atom is 0.328 e. The van der Waals surface area contributed by atoms with Gasteiger partial charge in [-0.3, -0.25) is 9.59 Å². The normalized spacial score (nSPS) is 12.2. The number of sulfonamides is 1. The summed E-state index contributed by atoms with van der Waals surface area (Å²) in [6.07, 6.45) is 7.91. The molecule has 0 fully saturated rings. The Labute approximate surface area is 262 Å². The molecule has 0 aliphatic carbocycles. The van der Waals surface area contributed by atoms with Crippen molar-refractivity contribution in [1.82, 2.24) is 9.29 Å². The molecule has 2 amide bonds. The number of carboxylic acid groups (broad SMARTS) is 1. The Bertz CT molecular complexity index is 1830. The Morgan fingerprint density at radius 2 is 1.78 bits per heavy atom. The quantitative estimate of drug-likeness (QED) is 0.143. The molecular formula is C34H37N3O7S. The average Bonchev–Trinajstić information content (AvgIpc) is 3.37. The van der Waals surface area contributed by atoms with Crippen LogP contribution < -0.4 is 14.8 Å². The van der Waals surface area contributed by atoms with Gasteiger partial charge in [-0.25, -0.2) is 17.9 Å². The summed E-state index contributed by atoms with van der Waals surface area (Å²) in [7, 11) is -2.62. The van der Waals surface area contributed by atoms with Crippen LogP contribution in [0.4, 0.5) is 5.69 Å². The Kier molecular flexibility index (Phi) is 10.8. The van der Waals surface area contributed by atoms with Crippen molar-refractivity contribution in [2.75, 3.05) is 12.4 Å². The van der Waals surface area contributed by atoms with Crippen LogP contribution in [0.1, 0.15) is 61.0 Å². The lowest BCUT2D eigenvalue weighted by Crippen LogP contribution is -2.30. The largest absolute Gasteiger partial charge is 0.496 e. The monoisotopic (exact) mass is 631 g/mol. The number of methoxy groups -OCH3 is 1. The molecule has 4 rings (SSSR count). The Balaban J connectivity index is 1.65. The van der Waals surface area contributed by atoms with Gasteiger partial charge in [0.2, 0.25) is 5.91 Å². The molecule has 0 aliphatic rings. The minimum atomic E-state index is -4.07. The summed E-state index contributed by atoms with van der Waals surface area (Å²) >= 11 is 0. The van der Waals surface area contributed by atoms with Crippen molar-refractivity contribution in [3.05, 3.63) is 95.7 Å². The number of nitrogens with zero attached hydrogens (tertiary/aromatic N) is 1. The molecule has 1 atom stereocenters. The van der Waals surface area contributed by atoms with E-state index in [9.17, 15) is 27.9 Å². The first-order valence-electron chi connectivity index (χ1n) is 14.7. The van der Waals surface area contributed by atoms with Crippen LogP contribution in [0.15, 0.2) is 83.9 Å². The van der Waals surface area contributed by atoms with Gasteiger partial charge >= 0.3 is 5.97 Å². The average molecular weight is 632 g/mol. The lowest BCUT2D eigenvalue weighted by atomic mass is 9.98. The van der Waals surface area contributed by atoms with E-state index in [1.807, 2.05) is 23.6 Å². The third kappa shape index (κ3) is 8.18. The highest BCUT2D eigenvalue weighted by atomic mass is 32.2. The van der Waals surface area contributed by atoms with Crippen LogP contribution in [-0.4, -0.2) is 43.0 Å². The van der Waals surface area contributed by atoms with E-state index in [1.54, 1.807) is 36.5 Å². The molecule has 0 saturated carbocycles. The predicted molar refractivity (Wildman–Crippen MR) is 174 cm³/mol. The first-order valence-corrected chi connectivity index (χ1v) is 16.2. The smallest absolute Gasteiger partial charge is 0.328 e. The summed E-state index contributed by atoms with van der Waals surface area (Å²) in [6, 6.07) is 17.7. The van der Waals surface area contributed by atoms with Gasteiger partial charge in [-0.15, -0.1) is 0 Å². The number of nitrogens with one attached hydrogen (secondary N) is 2. The molecule has 1 unspecified atom stereocenters. The van der Waals surface area contributed by atoms with Crippen molar-refractivity contribution < 1.29 is 32.6 Å². The highest BCUT2D eigenvalue weighted by molar-refractivity contribution is 7.90. The van der Waals surface area contributed by atoms with Gasteiger partial charge in [0.15, 0.2) is 0 Å². The third-order valence-electron chi connectivity index (χ3n) is 7.53. The van der Waals surface area contributed by atoms with Crippen molar-refractivity contribution >= 4 is 50.5 Å². The second-order valence-corrected chi connectivity index (χ2v) is 12.3. The first-order chi connectivity index (χ1) is 21.6. The van der Waals surface area contributed by atoms with Crippen LogP contribution in [0.3, 0.4) is 0 Å². The summed E-state index contributed by atoms with van der Waals surface area (Å²) in [5.74, 6) is -1.66. The zero-order chi connectivity index (χ0) is 32.6. The molecule has 236 valence electrons. The molecular weight excluding hydrogens is 594 g/mol. The Morgan fingerprint density at radius 1 is 1.02 bits per heavy atom. The number of carboxylic acids is 1. The van der Waals surface area contributed by atoms with Gasteiger partial charge in [-0.05, 0) is 55.3 Å². The van der Waals surface area contributed by atoms with Gasteiger partial charge in [0, 0.05) is 46.0 Å². The molecule has 0 spiro atoms. The number of amides is 2. The van der Waals surface area contributed by atoms with E-state index in [-0.39, 0.29) is 28.8 Å². The topological polar surface area (TPSA) is 144 Å². The molecule has 0 bridgehead atoms. The van der Waals surface area contributed by atoms with Crippen molar-refractivity contribution in [3.8, 4) is 5.75 Å². The number of carbonyl (C=O) groups excluding carboxylic acids is 2. The van der Waals surface area contributed by atoms with Crippen molar-refractivity contribution in [2.45, 2.75) is 51.0 Å². The fraction of sp³-hybridized carbons (Fsp3) is 0.265. The molecule has 0 saturated heterocycles. The molecule has 11 heteroatoms. The molecule has 3 aromatic carbocycles. The van der Waals surface area contributed by atoms with E-state index in [2.05, 4.69) is 17.0 Å². The third-order valence-corrected chi connectivity index (χ3v) is 8.87. The SMILES string of the molecule is CCCCC(CC)C(=O)Nc1ccc2c(/C=C/C(=O)O)cn(Cc3ccc(C(=O)NS(=O)(=O)c4ccccc4)cc3OC)c2c1. The number of aliphatic carboxylic acids is 1. The van der Waals surface area contributed by atoms with Crippen LogP contribution >= 0.6 is 0 Å². The van der Waals surface area contributed by atoms with Gasteiger partial charge in [-0.1, -0.05) is 57.0 Å². The van der Waals surface area contributed by atoms with E-state index in [0.29, 0.717) is 22.6 Å². The van der Waals surface area contributed by atoms with Crippen molar-refractivity contribution in [1.29, 1.82) is 0 Å². The summed E-state index contributed by atoms with van der Waals surface area (Å²) in [5, 5.41) is 13.0. The van der Waals surface area contributed by atoms with E-state index in [1.165, 1.54) is 37.5 Å². The zero-order valence-corrected chi connectivity index (χ0v) is 26.3.